The van der Waals surface area contributed by atoms with Gasteiger partial charge in [-0.1, -0.05) is 40.2 Å². The highest BCUT2D eigenvalue weighted by molar-refractivity contribution is 9.10. The monoisotopic (exact) mass is 400 g/mol. The maximum Gasteiger partial charge on any atom is 0.254 e. The van der Waals surface area contributed by atoms with Crippen LogP contribution in [0.2, 0.25) is 0 Å². The van der Waals surface area contributed by atoms with E-state index in [0.717, 1.165) is 10.9 Å². The molecule has 0 bridgehead atoms. The number of carbonyl (C=O) groups excluding carboxylic acids is 2. The van der Waals surface area contributed by atoms with Crippen LogP contribution in [0.15, 0.2) is 53.0 Å². The molecule has 0 aromatic heterocycles. The highest BCUT2D eigenvalue weighted by atomic mass is 79.9. The summed E-state index contributed by atoms with van der Waals surface area (Å²) in [5.41, 5.74) is 3.08. The van der Waals surface area contributed by atoms with Crippen molar-refractivity contribution < 1.29 is 9.59 Å². The summed E-state index contributed by atoms with van der Waals surface area (Å²) < 4.78 is 0.920. The highest BCUT2D eigenvalue weighted by Gasteiger charge is 2.28. The van der Waals surface area contributed by atoms with Crippen LogP contribution in [0.4, 0.5) is 0 Å². The molecule has 2 aromatic carbocycles. The minimum absolute atomic E-state index is 0.0186. The van der Waals surface area contributed by atoms with Gasteiger partial charge in [-0.3, -0.25) is 9.59 Å². The minimum atomic E-state index is -0.147. The second-order valence-electron chi connectivity index (χ2n) is 6.38. The summed E-state index contributed by atoms with van der Waals surface area (Å²) in [5, 5.41) is 0. The first-order chi connectivity index (χ1) is 12.0. The van der Waals surface area contributed by atoms with Gasteiger partial charge in [-0.25, -0.2) is 0 Å². The van der Waals surface area contributed by atoms with E-state index in [1.54, 1.807) is 19.2 Å². The summed E-state index contributed by atoms with van der Waals surface area (Å²) in [6.07, 6.45) is 0.858. The van der Waals surface area contributed by atoms with E-state index in [1.165, 1.54) is 16.0 Å². The van der Waals surface area contributed by atoms with Crippen molar-refractivity contribution >= 4 is 27.7 Å². The molecule has 0 saturated heterocycles. The highest BCUT2D eigenvalue weighted by Crippen LogP contribution is 2.29. The van der Waals surface area contributed by atoms with Crippen molar-refractivity contribution in [1.29, 1.82) is 0 Å². The van der Waals surface area contributed by atoms with Gasteiger partial charge in [0.25, 0.3) is 5.91 Å². The van der Waals surface area contributed by atoms with Crippen molar-refractivity contribution in [2.24, 2.45) is 0 Å². The predicted molar refractivity (Wildman–Crippen MR) is 101 cm³/mol. The van der Waals surface area contributed by atoms with Gasteiger partial charge < -0.3 is 9.80 Å². The normalized spacial score (nSPS) is 16.3. The minimum Gasteiger partial charge on any atom is -0.334 e. The first-order valence-electron chi connectivity index (χ1n) is 8.35. The average Bonchev–Trinajstić information content (AvgIpc) is 2.62. The van der Waals surface area contributed by atoms with Gasteiger partial charge in [0.2, 0.25) is 5.91 Å². The quantitative estimate of drug-likeness (QED) is 0.788. The lowest BCUT2D eigenvalue weighted by Crippen LogP contribution is -2.45. The van der Waals surface area contributed by atoms with E-state index in [4.69, 9.17) is 0 Å². The number of carbonyl (C=O) groups is 2. The number of amides is 2. The lowest BCUT2D eigenvalue weighted by Gasteiger charge is -2.36. The van der Waals surface area contributed by atoms with Crippen LogP contribution < -0.4 is 0 Å². The van der Waals surface area contributed by atoms with Gasteiger partial charge in [0.1, 0.15) is 0 Å². The van der Waals surface area contributed by atoms with Crippen LogP contribution in [0.1, 0.15) is 34.5 Å². The van der Waals surface area contributed by atoms with Gasteiger partial charge in [-0.2, -0.15) is 0 Å². The number of benzene rings is 2. The Morgan fingerprint density at radius 2 is 1.84 bits per heavy atom. The number of halogens is 1. The fraction of sp³-hybridized carbons (Fsp3) is 0.300. The van der Waals surface area contributed by atoms with Gasteiger partial charge in [0.05, 0.1) is 12.6 Å². The zero-order chi connectivity index (χ0) is 18.0. The van der Waals surface area contributed by atoms with Crippen molar-refractivity contribution in [2.75, 3.05) is 20.1 Å². The smallest absolute Gasteiger partial charge is 0.254 e. The Balaban J connectivity index is 1.68. The molecule has 1 aliphatic heterocycles. The summed E-state index contributed by atoms with van der Waals surface area (Å²) in [6.45, 7) is 2.82. The summed E-state index contributed by atoms with van der Waals surface area (Å²) >= 11 is 3.36. The topological polar surface area (TPSA) is 40.6 Å². The third kappa shape index (κ3) is 3.76. The van der Waals surface area contributed by atoms with E-state index >= 15 is 0 Å². The van der Waals surface area contributed by atoms with Crippen molar-refractivity contribution in [3.05, 3.63) is 69.7 Å². The lowest BCUT2D eigenvalue weighted by molar-refractivity contribution is -0.134. The van der Waals surface area contributed by atoms with Crippen LogP contribution in [0.5, 0.6) is 0 Å². The molecule has 130 valence electrons. The summed E-state index contributed by atoms with van der Waals surface area (Å²) in [4.78, 5) is 28.6. The molecule has 0 fully saturated rings. The summed E-state index contributed by atoms with van der Waals surface area (Å²) in [6, 6.07) is 15.4. The van der Waals surface area contributed by atoms with Gasteiger partial charge in [-0.05, 0) is 48.7 Å². The molecule has 5 heteroatoms. The van der Waals surface area contributed by atoms with E-state index in [2.05, 4.69) is 28.1 Å². The Morgan fingerprint density at radius 1 is 1.16 bits per heavy atom. The van der Waals surface area contributed by atoms with Crippen LogP contribution in [0.3, 0.4) is 0 Å². The van der Waals surface area contributed by atoms with E-state index < -0.39 is 0 Å². The Morgan fingerprint density at radius 3 is 2.56 bits per heavy atom. The predicted octanol–water partition coefficient (Wildman–Crippen LogP) is 3.67. The van der Waals surface area contributed by atoms with Gasteiger partial charge in [-0.15, -0.1) is 0 Å². The molecule has 1 heterocycles. The maximum atomic E-state index is 12.7. The largest absolute Gasteiger partial charge is 0.334 e. The molecule has 0 saturated carbocycles. The summed E-state index contributed by atoms with van der Waals surface area (Å²) in [7, 11) is 1.67. The third-order valence-electron chi connectivity index (χ3n) is 4.73. The molecule has 25 heavy (non-hydrogen) atoms. The second-order valence-corrected chi connectivity index (χ2v) is 7.30. The molecule has 3 rings (SSSR count). The van der Waals surface area contributed by atoms with E-state index in [1.807, 2.05) is 36.1 Å². The molecule has 0 N–H and O–H groups in total. The van der Waals surface area contributed by atoms with Crippen molar-refractivity contribution in [1.82, 2.24) is 9.80 Å². The fourth-order valence-corrected chi connectivity index (χ4v) is 3.56. The van der Waals surface area contributed by atoms with Gasteiger partial charge in [0.15, 0.2) is 0 Å². The van der Waals surface area contributed by atoms with E-state index in [0.29, 0.717) is 12.1 Å². The number of rotatable bonds is 3. The molecule has 4 nitrogen and oxygen atoms in total. The summed E-state index contributed by atoms with van der Waals surface area (Å²) in [5.74, 6) is -0.166. The molecule has 1 unspecified atom stereocenters. The standard InChI is InChI=1S/C20H21BrN2O2/c1-14-18-6-4-3-5-15(18)11-12-23(14)19(24)13-22(2)20(25)16-7-9-17(21)10-8-16/h3-10,14H,11-13H2,1-2H3. The lowest BCUT2D eigenvalue weighted by atomic mass is 9.93. The molecule has 1 aliphatic rings. The number of nitrogens with zero attached hydrogens (tertiary/aromatic N) is 2. The molecule has 1 atom stereocenters. The van der Waals surface area contributed by atoms with Crippen molar-refractivity contribution in [3.63, 3.8) is 0 Å². The molecular formula is C20H21BrN2O2. The van der Waals surface area contributed by atoms with Crippen molar-refractivity contribution in [2.45, 2.75) is 19.4 Å². The molecule has 0 spiro atoms. The zero-order valence-corrected chi connectivity index (χ0v) is 16.0. The number of fused-ring (bicyclic) bond motifs is 1. The van der Waals surface area contributed by atoms with E-state index in [-0.39, 0.29) is 24.4 Å². The first kappa shape index (κ1) is 17.7. The Kier molecular flexibility index (Phi) is 5.23. The molecule has 2 amide bonds. The van der Waals surface area contributed by atoms with Gasteiger partial charge in [0, 0.05) is 23.6 Å². The number of likely N-dealkylation sites (N-methyl/N-ethyl adjacent to an activating group) is 1. The van der Waals surface area contributed by atoms with Gasteiger partial charge >= 0.3 is 0 Å². The fourth-order valence-electron chi connectivity index (χ4n) is 3.29. The SMILES string of the molecule is CC1c2ccccc2CCN1C(=O)CN(C)C(=O)c1ccc(Br)cc1. The molecule has 0 aliphatic carbocycles. The molecular weight excluding hydrogens is 380 g/mol. The zero-order valence-electron chi connectivity index (χ0n) is 14.4. The van der Waals surface area contributed by atoms with Crippen LogP contribution in [0.25, 0.3) is 0 Å². The Bertz CT molecular complexity index is 789. The number of hydrogen-bond acceptors (Lipinski definition) is 2. The second kappa shape index (κ2) is 7.40. The van der Waals surface area contributed by atoms with Crippen molar-refractivity contribution in [3.8, 4) is 0 Å². The molecule has 0 radical (unpaired) electrons. The Hall–Kier alpha value is -2.14. The van der Waals surface area contributed by atoms with Crippen LogP contribution in [-0.4, -0.2) is 41.8 Å². The van der Waals surface area contributed by atoms with Crippen LogP contribution >= 0.6 is 15.9 Å². The number of hydrogen-bond donors (Lipinski definition) is 0. The maximum absolute atomic E-state index is 12.7. The third-order valence-corrected chi connectivity index (χ3v) is 5.25. The first-order valence-corrected chi connectivity index (χ1v) is 9.15. The molecule has 2 aromatic rings. The van der Waals surface area contributed by atoms with Crippen LogP contribution in [0, 0.1) is 0 Å². The Labute approximate surface area is 156 Å². The van der Waals surface area contributed by atoms with Crippen LogP contribution in [-0.2, 0) is 11.2 Å². The van der Waals surface area contributed by atoms with E-state index in [9.17, 15) is 9.59 Å². The average molecular weight is 401 g/mol.